The zero-order valence-electron chi connectivity index (χ0n) is 11.7. The molecule has 5 nitrogen and oxygen atoms in total. The average Bonchev–Trinajstić information content (AvgIpc) is 2.93. The van der Waals surface area contributed by atoms with E-state index in [-0.39, 0.29) is 11.8 Å². The Morgan fingerprint density at radius 1 is 1.37 bits per heavy atom. The van der Waals surface area contributed by atoms with Crippen LogP contribution in [0.2, 0.25) is 0 Å². The van der Waals surface area contributed by atoms with Crippen molar-refractivity contribution in [1.82, 2.24) is 4.57 Å². The summed E-state index contributed by atoms with van der Waals surface area (Å²) in [4.78, 5) is 12.4. The Bertz CT molecular complexity index is 514. The van der Waals surface area contributed by atoms with Crippen molar-refractivity contribution in [1.29, 1.82) is 0 Å². The van der Waals surface area contributed by atoms with Crippen molar-refractivity contribution < 1.29 is 18.4 Å². The summed E-state index contributed by atoms with van der Waals surface area (Å²) in [5.74, 6) is 0.0785. The highest BCUT2D eigenvalue weighted by Crippen LogP contribution is 2.59. The van der Waals surface area contributed by atoms with Gasteiger partial charge in [0, 0.05) is 32.0 Å². The van der Waals surface area contributed by atoms with Crippen LogP contribution in [0.5, 0.6) is 0 Å². The summed E-state index contributed by atoms with van der Waals surface area (Å²) in [6.45, 7) is 4.16. The van der Waals surface area contributed by atoms with Crippen LogP contribution in [0.1, 0.15) is 36.7 Å². The van der Waals surface area contributed by atoms with Crippen molar-refractivity contribution in [2.24, 2.45) is 5.92 Å². The fraction of sp³-hybridized carbons (Fsp3) is 0.615. The molecular formula is C13H20NO4P. The fourth-order valence-corrected chi connectivity index (χ4v) is 4.50. The Labute approximate surface area is 113 Å². The van der Waals surface area contributed by atoms with Gasteiger partial charge in [-0.3, -0.25) is 13.9 Å². The van der Waals surface area contributed by atoms with E-state index in [1.807, 2.05) is 12.1 Å². The van der Waals surface area contributed by atoms with E-state index in [0.717, 1.165) is 12.1 Å². The molecule has 0 aromatic carbocycles. The third-order valence-electron chi connectivity index (χ3n) is 3.61. The molecule has 1 aliphatic heterocycles. The Morgan fingerprint density at radius 2 is 2.00 bits per heavy atom. The lowest BCUT2D eigenvalue weighted by Gasteiger charge is -2.25. The molecule has 1 aromatic rings. The summed E-state index contributed by atoms with van der Waals surface area (Å²) in [6.07, 6.45) is 2.48. The van der Waals surface area contributed by atoms with Crippen LogP contribution in [0, 0.1) is 5.92 Å². The average molecular weight is 285 g/mol. The van der Waals surface area contributed by atoms with E-state index < -0.39 is 13.3 Å². The van der Waals surface area contributed by atoms with E-state index in [1.54, 1.807) is 10.8 Å². The number of nitrogens with zero attached hydrogens (tertiary/aromatic N) is 1. The topological polar surface area (TPSA) is 57.5 Å². The van der Waals surface area contributed by atoms with Gasteiger partial charge in [-0.1, -0.05) is 13.8 Å². The summed E-state index contributed by atoms with van der Waals surface area (Å²) in [7, 11) is -0.755. The lowest BCUT2D eigenvalue weighted by Crippen LogP contribution is -2.25. The molecule has 2 rings (SSSR count). The Kier molecular flexibility index (Phi) is 4.00. The normalized spacial score (nSPS) is 23.1. The molecule has 2 heterocycles. The molecule has 1 aromatic heterocycles. The molecular weight excluding hydrogens is 265 g/mol. The SMILES string of the molecule is COP(=O)(OC)C1C(=O)n2cccc2C1CC(C)C. The second-order valence-electron chi connectivity index (χ2n) is 5.23. The number of rotatable bonds is 5. The molecule has 0 aliphatic carbocycles. The van der Waals surface area contributed by atoms with Crippen molar-refractivity contribution >= 4 is 13.5 Å². The zero-order chi connectivity index (χ0) is 14.2. The van der Waals surface area contributed by atoms with Crippen LogP contribution in [-0.4, -0.2) is 30.4 Å². The standard InChI is InChI=1S/C13H20NO4P/c1-9(2)8-10-11-6-5-7-14(11)13(15)12(10)19(16,17-3)18-4/h5-7,9-10,12H,8H2,1-4H3. The van der Waals surface area contributed by atoms with Gasteiger partial charge in [0.25, 0.3) is 0 Å². The van der Waals surface area contributed by atoms with Gasteiger partial charge in [-0.05, 0) is 24.5 Å². The predicted molar refractivity (Wildman–Crippen MR) is 72.7 cm³/mol. The molecule has 0 radical (unpaired) electrons. The van der Waals surface area contributed by atoms with Gasteiger partial charge in [0.2, 0.25) is 5.91 Å². The van der Waals surface area contributed by atoms with Crippen LogP contribution >= 0.6 is 7.60 Å². The third kappa shape index (κ3) is 2.31. The van der Waals surface area contributed by atoms with Gasteiger partial charge in [-0.15, -0.1) is 0 Å². The van der Waals surface area contributed by atoms with Gasteiger partial charge in [0.1, 0.15) is 5.66 Å². The molecule has 2 atom stereocenters. The molecule has 2 unspecified atom stereocenters. The van der Waals surface area contributed by atoms with Crippen LogP contribution in [0.3, 0.4) is 0 Å². The Balaban J connectivity index is 2.45. The largest absolute Gasteiger partial charge is 0.343 e. The van der Waals surface area contributed by atoms with Gasteiger partial charge in [-0.2, -0.15) is 0 Å². The second-order valence-corrected chi connectivity index (χ2v) is 7.59. The molecule has 19 heavy (non-hydrogen) atoms. The number of aromatic nitrogens is 1. The molecule has 0 bridgehead atoms. The number of carbonyl (C=O) groups is 1. The summed E-state index contributed by atoms with van der Waals surface area (Å²) >= 11 is 0. The molecule has 0 N–H and O–H groups in total. The maximum atomic E-state index is 12.6. The third-order valence-corrected chi connectivity index (χ3v) is 5.89. The van der Waals surface area contributed by atoms with E-state index in [2.05, 4.69) is 13.8 Å². The molecule has 0 fully saturated rings. The highest BCUT2D eigenvalue weighted by molar-refractivity contribution is 7.55. The van der Waals surface area contributed by atoms with Gasteiger partial charge in [-0.25, -0.2) is 0 Å². The summed E-state index contributed by atoms with van der Waals surface area (Å²) in [6, 6.07) is 3.74. The first-order chi connectivity index (χ1) is 8.94. The van der Waals surface area contributed by atoms with Gasteiger partial charge < -0.3 is 9.05 Å². The zero-order valence-corrected chi connectivity index (χ0v) is 12.6. The predicted octanol–water partition coefficient (Wildman–Crippen LogP) is 3.13. The van der Waals surface area contributed by atoms with Gasteiger partial charge in [0.05, 0.1) is 0 Å². The second kappa shape index (κ2) is 5.23. The minimum absolute atomic E-state index is 0.117. The number of hydrogen-bond acceptors (Lipinski definition) is 4. The first-order valence-electron chi connectivity index (χ1n) is 6.37. The van der Waals surface area contributed by atoms with E-state index in [9.17, 15) is 9.36 Å². The number of hydrogen-bond donors (Lipinski definition) is 0. The van der Waals surface area contributed by atoms with Gasteiger partial charge in [0.15, 0.2) is 0 Å². The lowest BCUT2D eigenvalue weighted by molar-refractivity contribution is 0.0908. The molecule has 1 aliphatic rings. The van der Waals surface area contributed by atoms with E-state index in [0.29, 0.717) is 5.92 Å². The molecule has 0 amide bonds. The van der Waals surface area contributed by atoms with E-state index >= 15 is 0 Å². The highest BCUT2D eigenvalue weighted by atomic mass is 31.2. The summed E-state index contributed by atoms with van der Waals surface area (Å²) in [5.41, 5.74) is 0.166. The minimum atomic E-state index is -3.42. The van der Waals surface area contributed by atoms with Crippen LogP contribution in [0.4, 0.5) is 0 Å². The van der Waals surface area contributed by atoms with Crippen molar-refractivity contribution in [3.05, 3.63) is 24.0 Å². The molecule has 106 valence electrons. The minimum Gasteiger partial charge on any atom is -0.311 e. The monoisotopic (exact) mass is 285 g/mol. The maximum Gasteiger partial charge on any atom is 0.343 e. The molecule has 6 heteroatoms. The molecule has 0 saturated heterocycles. The fourth-order valence-electron chi connectivity index (χ4n) is 2.79. The Hall–Kier alpha value is -0.900. The maximum absolute atomic E-state index is 12.6. The highest BCUT2D eigenvalue weighted by Gasteiger charge is 2.51. The first-order valence-corrected chi connectivity index (χ1v) is 7.98. The van der Waals surface area contributed by atoms with Crippen LogP contribution in [-0.2, 0) is 13.6 Å². The van der Waals surface area contributed by atoms with E-state index in [4.69, 9.17) is 9.05 Å². The summed E-state index contributed by atoms with van der Waals surface area (Å²) < 4.78 is 24.3. The van der Waals surface area contributed by atoms with Gasteiger partial charge >= 0.3 is 7.60 Å². The van der Waals surface area contributed by atoms with Crippen LogP contribution in [0.25, 0.3) is 0 Å². The van der Waals surface area contributed by atoms with Crippen LogP contribution < -0.4 is 0 Å². The summed E-state index contributed by atoms with van der Waals surface area (Å²) in [5, 5.41) is 0. The Morgan fingerprint density at radius 3 is 2.53 bits per heavy atom. The van der Waals surface area contributed by atoms with Crippen molar-refractivity contribution in [2.45, 2.75) is 31.8 Å². The number of carbonyl (C=O) groups excluding carboxylic acids is 1. The van der Waals surface area contributed by atoms with Crippen molar-refractivity contribution in [2.75, 3.05) is 14.2 Å². The molecule has 0 saturated carbocycles. The lowest BCUT2D eigenvalue weighted by atomic mass is 9.93. The van der Waals surface area contributed by atoms with Crippen LogP contribution in [0.15, 0.2) is 18.3 Å². The smallest absolute Gasteiger partial charge is 0.311 e. The number of fused-ring (bicyclic) bond motifs is 1. The van der Waals surface area contributed by atoms with E-state index in [1.165, 1.54) is 14.2 Å². The van der Waals surface area contributed by atoms with Crippen molar-refractivity contribution in [3.8, 4) is 0 Å². The molecule has 0 spiro atoms. The quantitative estimate of drug-likeness (QED) is 0.780. The van der Waals surface area contributed by atoms with Crippen molar-refractivity contribution in [3.63, 3.8) is 0 Å². The first kappa shape index (κ1) is 14.5.